The van der Waals surface area contributed by atoms with E-state index in [1.54, 1.807) is 0 Å². The van der Waals surface area contributed by atoms with Crippen LogP contribution in [0.25, 0.3) is 0 Å². The van der Waals surface area contributed by atoms with Gasteiger partial charge in [-0.25, -0.2) is 4.79 Å². The van der Waals surface area contributed by atoms with Gasteiger partial charge in [-0.05, 0) is 13.0 Å². The summed E-state index contributed by atoms with van der Waals surface area (Å²) in [6.45, 7) is 1.63. The molecule has 70 valence electrons. The number of carbonyl (C=O) groups excluding carboxylic acids is 1. The van der Waals surface area contributed by atoms with Gasteiger partial charge in [0.1, 0.15) is 0 Å². The van der Waals surface area contributed by atoms with Crippen molar-refractivity contribution < 1.29 is 9.53 Å². The molecule has 1 aliphatic rings. The number of nitrogens with one attached hydrogen (secondary N) is 2. The summed E-state index contributed by atoms with van der Waals surface area (Å²) in [5.74, 6) is -0.362. The molecule has 0 saturated carbocycles. The molecule has 0 bridgehead atoms. The zero-order valence-electron chi connectivity index (χ0n) is 7.39. The number of aromatic amines is 1. The maximum atomic E-state index is 11.2. The fraction of sp³-hybridized carbons (Fsp3) is 0.500. The van der Waals surface area contributed by atoms with Crippen LogP contribution in [0.4, 0.5) is 0 Å². The molecule has 2 rings (SSSR count). The molecule has 0 saturated heterocycles. The third-order valence-electron chi connectivity index (χ3n) is 2.19. The van der Waals surface area contributed by atoms with E-state index in [1.165, 1.54) is 7.11 Å². The van der Waals surface area contributed by atoms with Gasteiger partial charge in [0.15, 0.2) is 5.69 Å². The molecule has 1 aromatic rings. The molecular formula is C8H11N3O2. The minimum Gasteiger partial charge on any atom is -0.464 e. The van der Waals surface area contributed by atoms with Crippen LogP contribution in [0.5, 0.6) is 0 Å². The van der Waals surface area contributed by atoms with Crippen LogP contribution < -0.4 is 5.32 Å². The summed E-state index contributed by atoms with van der Waals surface area (Å²) < 4.78 is 4.62. The van der Waals surface area contributed by atoms with Gasteiger partial charge in [0.05, 0.1) is 12.8 Å². The highest BCUT2D eigenvalue weighted by atomic mass is 16.5. The molecule has 0 fully saturated rings. The number of fused-ring (bicyclic) bond motifs is 1. The number of methoxy groups -OCH3 is 1. The quantitative estimate of drug-likeness (QED) is 0.591. The lowest BCUT2D eigenvalue weighted by Gasteiger charge is -2.11. The van der Waals surface area contributed by atoms with Crippen LogP contribution in [-0.4, -0.2) is 29.8 Å². The van der Waals surface area contributed by atoms with Gasteiger partial charge in [0.2, 0.25) is 0 Å². The van der Waals surface area contributed by atoms with Gasteiger partial charge in [0.25, 0.3) is 0 Å². The van der Waals surface area contributed by atoms with Crippen molar-refractivity contribution in [3.8, 4) is 0 Å². The average molecular weight is 181 g/mol. The highest BCUT2D eigenvalue weighted by molar-refractivity contribution is 5.89. The molecule has 0 amide bonds. The maximum absolute atomic E-state index is 11.2. The highest BCUT2D eigenvalue weighted by Gasteiger charge is 2.21. The Morgan fingerprint density at radius 3 is 3.23 bits per heavy atom. The lowest BCUT2D eigenvalue weighted by molar-refractivity contribution is 0.0592. The van der Waals surface area contributed by atoms with Crippen molar-refractivity contribution in [1.82, 2.24) is 15.5 Å². The van der Waals surface area contributed by atoms with Gasteiger partial charge in [-0.3, -0.25) is 5.10 Å². The van der Waals surface area contributed by atoms with Crippen LogP contribution >= 0.6 is 0 Å². The van der Waals surface area contributed by atoms with E-state index >= 15 is 0 Å². The molecule has 0 aliphatic carbocycles. The summed E-state index contributed by atoms with van der Waals surface area (Å²) in [5.41, 5.74) is 2.41. The van der Waals surface area contributed by atoms with Crippen molar-refractivity contribution in [2.75, 3.05) is 13.7 Å². The first-order valence-corrected chi connectivity index (χ1v) is 4.18. The van der Waals surface area contributed by atoms with Gasteiger partial charge < -0.3 is 10.1 Å². The van der Waals surface area contributed by atoms with E-state index < -0.39 is 0 Å². The van der Waals surface area contributed by atoms with E-state index in [1.807, 2.05) is 0 Å². The third-order valence-corrected chi connectivity index (χ3v) is 2.19. The summed E-state index contributed by atoms with van der Waals surface area (Å²) in [6.07, 6.45) is 0.830. The normalized spacial score (nSPS) is 15.2. The number of carbonyl (C=O) groups is 1. The Kier molecular flexibility index (Phi) is 2.02. The van der Waals surface area contributed by atoms with Crippen molar-refractivity contribution >= 4 is 5.97 Å². The zero-order chi connectivity index (χ0) is 9.26. The second kappa shape index (κ2) is 3.18. The van der Waals surface area contributed by atoms with Crippen molar-refractivity contribution in [1.29, 1.82) is 0 Å². The Labute approximate surface area is 75.5 Å². The first kappa shape index (κ1) is 8.25. The Morgan fingerprint density at radius 2 is 2.46 bits per heavy atom. The van der Waals surface area contributed by atoms with E-state index in [2.05, 4.69) is 20.3 Å². The SMILES string of the molecule is COC(=O)c1n[nH]c2c1CCNC2. The molecule has 2 heterocycles. The number of nitrogens with zero attached hydrogens (tertiary/aromatic N) is 1. The van der Waals surface area contributed by atoms with Crippen molar-refractivity contribution in [3.63, 3.8) is 0 Å². The predicted molar refractivity (Wildman–Crippen MR) is 45.3 cm³/mol. The van der Waals surface area contributed by atoms with Gasteiger partial charge in [0, 0.05) is 12.1 Å². The molecule has 0 spiro atoms. The molecule has 0 aromatic carbocycles. The Balaban J connectivity index is 2.36. The van der Waals surface area contributed by atoms with Crippen LogP contribution in [0, 0.1) is 0 Å². The van der Waals surface area contributed by atoms with E-state index in [0.29, 0.717) is 5.69 Å². The zero-order valence-corrected chi connectivity index (χ0v) is 7.39. The average Bonchev–Trinajstić information content (AvgIpc) is 2.60. The number of hydrogen-bond donors (Lipinski definition) is 2. The lowest BCUT2D eigenvalue weighted by Crippen LogP contribution is -2.24. The molecule has 0 unspecified atom stereocenters. The summed E-state index contributed by atoms with van der Waals surface area (Å²) in [6, 6.07) is 0. The Morgan fingerprint density at radius 1 is 1.62 bits per heavy atom. The molecule has 0 atom stereocenters. The van der Waals surface area contributed by atoms with Crippen LogP contribution in [0.1, 0.15) is 21.7 Å². The fourth-order valence-corrected chi connectivity index (χ4v) is 1.51. The number of aromatic nitrogens is 2. The number of H-pyrrole nitrogens is 1. The topological polar surface area (TPSA) is 67.0 Å². The van der Waals surface area contributed by atoms with Crippen LogP contribution in [0.3, 0.4) is 0 Å². The largest absolute Gasteiger partial charge is 0.464 e. The minimum atomic E-state index is -0.362. The summed E-state index contributed by atoms with van der Waals surface area (Å²) >= 11 is 0. The molecule has 5 nitrogen and oxygen atoms in total. The third kappa shape index (κ3) is 1.31. The summed E-state index contributed by atoms with van der Waals surface area (Å²) in [4.78, 5) is 11.2. The van der Waals surface area contributed by atoms with E-state index in [-0.39, 0.29) is 5.97 Å². The first-order valence-electron chi connectivity index (χ1n) is 4.18. The molecule has 1 aliphatic heterocycles. The molecule has 0 radical (unpaired) electrons. The Bertz CT molecular complexity index is 332. The van der Waals surface area contributed by atoms with Gasteiger partial charge >= 0.3 is 5.97 Å². The van der Waals surface area contributed by atoms with Gasteiger partial charge in [-0.15, -0.1) is 0 Å². The number of esters is 1. The van der Waals surface area contributed by atoms with Crippen molar-refractivity contribution in [2.24, 2.45) is 0 Å². The second-order valence-corrected chi connectivity index (χ2v) is 2.95. The lowest BCUT2D eigenvalue weighted by atomic mass is 10.1. The highest BCUT2D eigenvalue weighted by Crippen LogP contribution is 2.15. The standard InChI is InChI=1S/C8H11N3O2/c1-13-8(12)7-5-2-3-9-4-6(5)10-11-7/h9H,2-4H2,1H3,(H,10,11). The minimum absolute atomic E-state index is 0.362. The fourth-order valence-electron chi connectivity index (χ4n) is 1.51. The Hall–Kier alpha value is -1.36. The van der Waals surface area contributed by atoms with Gasteiger partial charge in [-0.1, -0.05) is 0 Å². The van der Waals surface area contributed by atoms with Crippen LogP contribution in [0.15, 0.2) is 0 Å². The van der Waals surface area contributed by atoms with Gasteiger partial charge in [-0.2, -0.15) is 5.10 Å². The number of hydrogen-bond acceptors (Lipinski definition) is 4. The molecular weight excluding hydrogens is 170 g/mol. The second-order valence-electron chi connectivity index (χ2n) is 2.95. The monoisotopic (exact) mass is 181 g/mol. The molecule has 13 heavy (non-hydrogen) atoms. The number of ether oxygens (including phenoxy) is 1. The number of rotatable bonds is 1. The van der Waals surface area contributed by atoms with Crippen molar-refractivity contribution in [2.45, 2.75) is 13.0 Å². The smallest absolute Gasteiger partial charge is 0.358 e. The van der Waals surface area contributed by atoms with E-state index in [0.717, 1.165) is 30.8 Å². The summed E-state index contributed by atoms with van der Waals surface area (Å²) in [5, 5.41) is 9.94. The first-order chi connectivity index (χ1) is 6.33. The summed E-state index contributed by atoms with van der Waals surface area (Å²) in [7, 11) is 1.37. The molecule has 2 N–H and O–H groups in total. The van der Waals surface area contributed by atoms with E-state index in [9.17, 15) is 4.79 Å². The molecule has 5 heteroatoms. The van der Waals surface area contributed by atoms with Crippen molar-refractivity contribution in [3.05, 3.63) is 17.0 Å². The van der Waals surface area contributed by atoms with Crippen LogP contribution in [-0.2, 0) is 17.7 Å². The van der Waals surface area contributed by atoms with E-state index in [4.69, 9.17) is 0 Å². The maximum Gasteiger partial charge on any atom is 0.358 e. The van der Waals surface area contributed by atoms with Crippen LogP contribution in [0.2, 0.25) is 0 Å². The predicted octanol–water partition coefficient (Wildman–Crippen LogP) is -0.158. The molecule has 1 aromatic heterocycles.